The Labute approximate surface area is 167 Å². The van der Waals surface area contributed by atoms with Crippen molar-refractivity contribution in [2.45, 2.75) is 6.92 Å². The molecule has 4 rings (SSSR count). The number of halogens is 1. The second-order valence-corrected chi connectivity index (χ2v) is 6.77. The average Bonchev–Trinajstić information content (AvgIpc) is 3.15. The molecule has 0 radical (unpaired) electrons. The van der Waals surface area contributed by atoms with Crippen LogP contribution in [0, 0.1) is 6.92 Å². The molecule has 0 aliphatic rings. The lowest BCUT2D eigenvalue weighted by atomic mass is 10.2. The van der Waals surface area contributed by atoms with Crippen LogP contribution >= 0.6 is 11.6 Å². The molecule has 6 heteroatoms. The highest BCUT2D eigenvalue weighted by Gasteiger charge is 2.19. The predicted molar refractivity (Wildman–Crippen MR) is 111 cm³/mol. The van der Waals surface area contributed by atoms with E-state index < -0.39 is 5.91 Å². The van der Waals surface area contributed by atoms with Crippen LogP contribution in [-0.2, 0) is 0 Å². The van der Waals surface area contributed by atoms with Gasteiger partial charge in [0.25, 0.3) is 5.91 Å². The molecule has 0 aliphatic heterocycles. The van der Waals surface area contributed by atoms with E-state index in [9.17, 15) is 4.79 Å². The van der Waals surface area contributed by atoms with E-state index in [2.05, 4.69) is 15.4 Å². The number of hydrogen-bond acceptors (Lipinski definition) is 3. The summed E-state index contributed by atoms with van der Waals surface area (Å²) in [5, 5.41) is 7.80. The Hall–Kier alpha value is -3.44. The van der Waals surface area contributed by atoms with Crippen molar-refractivity contribution in [1.82, 2.24) is 14.8 Å². The van der Waals surface area contributed by atoms with Gasteiger partial charge in [0, 0.05) is 16.3 Å². The minimum Gasteiger partial charge on any atom is -0.319 e. The highest BCUT2D eigenvalue weighted by molar-refractivity contribution is 6.30. The second-order valence-electron chi connectivity index (χ2n) is 6.34. The number of aryl methyl sites for hydroxylation is 1. The Balaban J connectivity index is 1.74. The Morgan fingerprint density at radius 3 is 2.43 bits per heavy atom. The lowest BCUT2D eigenvalue weighted by Gasteiger charge is -2.06. The summed E-state index contributed by atoms with van der Waals surface area (Å²) in [5.74, 6) is 0.283. The fourth-order valence-electron chi connectivity index (χ4n) is 2.80. The lowest BCUT2D eigenvalue weighted by molar-refractivity contribution is 0.101. The van der Waals surface area contributed by atoms with Crippen molar-refractivity contribution in [2.24, 2.45) is 0 Å². The molecule has 0 saturated carbocycles. The van der Waals surface area contributed by atoms with Crippen LogP contribution in [0.1, 0.15) is 16.2 Å². The van der Waals surface area contributed by atoms with E-state index in [0.717, 1.165) is 16.8 Å². The molecule has 0 unspecified atom stereocenters. The normalized spacial score (nSPS) is 10.6. The molecule has 4 aromatic rings. The number of benzene rings is 3. The van der Waals surface area contributed by atoms with Crippen LogP contribution < -0.4 is 5.32 Å². The zero-order chi connectivity index (χ0) is 19.5. The van der Waals surface area contributed by atoms with Gasteiger partial charge in [-0.2, -0.15) is 0 Å². The van der Waals surface area contributed by atoms with Crippen LogP contribution in [0.15, 0.2) is 78.9 Å². The van der Waals surface area contributed by atoms with E-state index in [1.54, 1.807) is 28.9 Å². The van der Waals surface area contributed by atoms with E-state index in [1.165, 1.54) is 0 Å². The molecule has 0 aliphatic carbocycles. The Kier molecular flexibility index (Phi) is 4.91. The molecule has 1 aromatic heterocycles. The summed E-state index contributed by atoms with van der Waals surface area (Å²) in [6.45, 7) is 2.02. The van der Waals surface area contributed by atoms with Crippen LogP contribution in [0.5, 0.6) is 0 Å². The molecule has 0 fully saturated rings. The maximum absolute atomic E-state index is 12.7. The minimum absolute atomic E-state index is 0.0828. The lowest BCUT2D eigenvalue weighted by Crippen LogP contribution is -2.14. The molecule has 5 nitrogen and oxygen atoms in total. The predicted octanol–water partition coefficient (Wildman–Crippen LogP) is 5.15. The average molecular weight is 389 g/mol. The van der Waals surface area contributed by atoms with Crippen LogP contribution in [0.25, 0.3) is 17.1 Å². The number of anilines is 1. The van der Waals surface area contributed by atoms with Gasteiger partial charge in [-0.1, -0.05) is 65.7 Å². The van der Waals surface area contributed by atoms with Crippen molar-refractivity contribution in [3.05, 3.63) is 95.3 Å². The third-order valence-electron chi connectivity index (χ3n) is 4.20. The van der Waals surface area contributed by atoms with Crippen LogP contribution in [0.3, 0.4) is 0 Å². The molecule has 0 bridgehead atoms. The highest BCUT2D eigenvalue weighted by Crippen LogP contribution is 2.22. The van der Waals surface area contributed by atoms with Gasteiger partial charge in [0.2, 0.25) is 5.82 Å². The highest BCUT2D eigenvalue weighted by atomic mass is 35.5. The van der Waals surface area contributed by atoms with Gasteiger partial charge in [0.05, 0.1) is 5.69 Å². The van der Waals surface area contributed by atoms with E-state index in [0.29, 0.717) is 16.5 Å². The first kappa shape index (κ1) is 17.9. The van der Waals surface area contributed by atoms with Crippen molar-refractivity contribution in [3.8, 4) is 17.1 Å². The standard InChI is InChI=1S/C22H17ClN4O/c1-15-10-12-19(13-11-15)27-21(16-6-3-2-4-7-16)25-20(26-27)22(28)24-18-9-5-8-17(23)14-18/h2-14H,1H3,(H,24,28). The Morgan fingerprint density at radius 1 is 0.964 bits per heavy atom. The molecule has 1 heterocycles. The minimum atomic E-state index is -0.398. The quantitative estimate of drug-likeness (QED) is 0.526. The van der Waals surface area contributed by atoms with Crippen molar-refractivity contribution >= 4 is 23.2 Å². The Morgan fingerprint density at radius 2 is 1.71 bits per heavy atom. The van der Waals surface area contributed by atoms with Gasteiger partial charge in [0.15, 0.2) is 5.82 Å². The zero-order valence-corrected chi connectivity index (χ0v) is 15.9. The molecule has 3 aromatic carbocycles. The molecule has 1 amide bonds. The summed E-state index contributed by atoms with van der Waals surface area (Å²) in [4.78, 5) is 17.2. The SMILES string of the molecule is Cc1ccc(-n2nc(C(=O)Nc3cccc(Cl)c3)nc2-c2ccccc2)cc1. The first-order valence-corrected chi connectivity index (χ1v) is 9.14. The molecule has 0 saturated heterocycles. The third kappa shape index (κ3) is 3.80. The smallest absolute Gasteiger partial charge is 0.295 e. The van der Waals surface area contributed by atoms with Gasteiger partial charge in [-0.15, -0.1) is 5.10 Å². The van der Waals surface area contributed by atoms with Crippen LogP contribution in [-0.4, -0.2) is 20.7 Å². The molecule has 138 valence electrons. The van der Waals surface area contributed by atoms with E-state index >= 15 is 0 Å². The number of aromatic nitrogens is 3. The van der Waals surface area contributed by atoms with Crippen molar-refractivity contribution in [3.63, 3.8) is 0 Å². The van der Waals surface area contributed by atoms with Crippen molar-refractivity contribution < 1.29 is 4.79 Å². The van der Waals surface area contributed by atoms with Crippen LogP contribution in [0.2, 0.25) is 5.02 Å². The fourth-order valence-corrected chi connectivity index (χ4v) is 2.99. The molecule has 1 N–H and O–H groups in total. The fraction of sp³-hybridized carbons (Fsp3) is 0.0455. The van der Waals surface area contributed by atoms with Gasteiger partial charge in [-0.05, 0) is 37.3 Å². The van der Waals surface area contributed by atoms with E-state index in [-0.39, 0.29) is 5.82 Å². The molecule has 0 atom stereocenters. The number of carbonyl (C=O) groups is 1. The molecule has 28 heavy (non-hydrogen) atoms. The van der Waals surface area contributed by atoms with E-state index in [1.807, 2.05) is 61.5 Å². The second kappa shape index (κ2) is 7.66. The van der Waals surface area contributed by atoms with E-state index in [4.69, 9.17) is 11.6 Å². The van der Waals surface area contributed by atoms with Gasteiger partial charge >= 0.3 is 0 Å². The van der Waals surface area contributed by atoms with Crippen molar-refractivity contribution in [1.29, 1.82) is 0 Å². The first-order chi connectivity index (χ1) is 13.6. The van der Waals surface area contributed by atoms with Crippen molar-refractivity contribution in [2.75, 3.05) is 5.32 Å². The topological polar surface area (TPSA) is 59.8 Å². The molecular formula is C22H17ClN4O. The van der Waals surface area contributed by atoms with Gasteiger partial charge in [0.1, 0.15) is 0 Å². The summed E-state index contributed by atoms with van der Waals surface area (Å²) in [5.41, 5.74) is 3.44. The number of carbonyl (C=O) groups excluding carboxylic acids is 1. The summed E-state index contributed by atoms with van der Waals surface area (Å²) in [7, 11) is 0. The number of nitrogens with one attached hydrogen (secondary N) is 1. The number of nitrogens with zero attached hydrogens (tertiary/aromatic N) is 3. The summed E-state index contributed by atoms with van der Waals surface area (Å²) in [6, 6.07) is 24.5. The number of hydrogen-bond donors (Lipinski definition) is 1. The van der Waals surface area contributed by atoms with Gasteiger partial charge < -0.3 is 5.32 Å². The number of rotatable bonds is 4. The third-order valence-corrected chi connectivity index (χ3v) is 4.44. The Bertz CT molecular complexity index is 1120. The monoisotopic (exact) mass is 388 g/mol. The molecular weight excluding hydrogens is 372 g/mol. The van der Waals surface area contributed by atoms with Gasteiger partial charge in [-0.3, -0.25) is 4.79 Å². The first-order valence-electron chi connectivity index (χ1n) is 8.76. The molecule has 0 spiro atoms. The zero-order valence-electron chi connectivity index (χ0n) is 15.1. The summed E-state index contributed by atoms with van der Waals surface area (Å²) in [6.07, 6.45) is 0. The summed E-state index contributed by atoms with van der Waals surface area (Å²) >= 11 is 5.99. The maximum Gasteiger partial charge on any atom is 0.295 e. The number of amides is 1. The van der Waals surface area contributed by atoms with Gasteiger partial charge in [-0.25, -0.2) is 9.67 Å². The summed E-state index contributed by atoms with van der Waals surface area (Å²) < 4.78 is 1.68. The largest absolute Gasteiger partial charge is 0.319 e. The van der Waals surface area contributed by atoms with Crippen LogP contribution in [0.4, 0.5) is 5.69 Å². The maximum atomic E-state index is 12.7.